The first kappa shape index (κ1) is 12.7. The fourth-order valence-corrected chi connectivity index (χ4v) is 1.87. The van der Waals surface area contributed by atoms with Gasteiger partial charge in [-0.15, -0.1) is 0 Å². The Hall–Kier alpha value is -1.36. The predicted molar refractivity (Wildman–Crippen MR) is 61.0 cm³/mol. The van der Waals surface area contributed by atoms with Crippen LogP contribution in [0.2, 0.25) is 0 Å². The SMILES string of the molecule is COC(=O)C(N)c1c(C)nn(C(C)C)c1C. The van der Waals surface area contributed by atoms with Gasteiger partial charge in [0.15, 0.2) is 0 Å². The van der Waals surface area contributed by atoms with E-state index < -0.39 is 12.0 Å². The van der Waals surface area contributed by atoms with E-state index in [4.69, 9.17) is 5.73 Å². The topological polar surface area (TPSA) is 70.1 Å². The number of nitrogens with zero attached hydrogens (tertiary/aromatic N) is 2. The summed E-state index contributed by atoms with van der Waals surface area (Å²) in [7, 11) is 1.33. The zero-order chi connectivity index (χ0) is 12.5. The Kier molecular flexibility index (Phi) is 3.70. The number of carbonyl (C=O) groups is 1. The van der Waals surface area contributed by atoms with Gasteiger partial charge >= 0.3 is 5.97 Å². The molecule has 0 aromatic carbocycles. The molecule has 1 atom stereocenters. The minimum atomic E-state index is -0.752. The molecule has 90 valence electrons. The second-order valence-corrected chi connectivity index (χ2v) is 4.12. The van der Waals surface area contributed by atoms with Gasteiger partial charge in [-0.05, 0) is 27.7 Å². The van der Waals surface area contributed by atoms with Crippen molar-refractivity contribution in [3.8, 4) is 0 Å². The van der Waals surface area contributed by atoms with Gasteiger partial charge in [-0.25, -0.2) is 0 Å². The van der Waals surface area contributed by atoms with Crippen LogP contribution in [0.4, 0.5) is 0 Å². The van der Waals surface area contributed by atoms with E-state index >= 15 is 0 Å². The zero-order valence-corrected chi connectivity index (χ0v) is 10.4. The van der Waals surface area contributed by atoms with Crippen LogP contribution >= 0.6 is 0 Å². The van der Waals surface area contributed by atoms with Crippen molar-refractivity contribution in [3.05, 3.63) is 17.0 Å². The number of aryl methyl sites for hydroxylation is 1. The van der Waals surface area contributed by atoms with Gasteiger partial charge in [0.2, 0.25) is 0 Å². The highest BCUT2D eigenvalue weighted by atomic mass is 16.5. The molecule has 1 aromatic rings. The van der Waals surface area contributed by atoms with E-state index in [9.17, 15) is 4.79 Å². The number of hydrogen-bond donors (Lipinski definition) is 1. The van der Waals surface area contributed by atoms with E-state index in [0.717, 1.165) is 17.0 Å². The lowest BCUT2D eigenvalue weighted by Crippen LogP contribution is -2.24. The third-order valence-electron chi connectivity index (χ3n) is 2.64. The Morgan fingerprint density at radius 2 is 2.00 bits per heavy atom. The van der Waals surface area contributed by atoms with Gasteiger partial charge < -0.3 is 10.5 Å². The molecule has 16 heavy (non-hydrogen) atoms. The summed E-state index contributed by atoms with van der Waals surface area (Å²) < 4.78 is 6.51. The number of hydrogen-bond acceptors (Lipinski definition) is 4. The number of aromatic nitrogens is 2. The highest BCUT2D eigenvalue weighted by molar-refractivity contribution is 5.77. The number of nitrogens with two attached hydrogens (primary N) is 1. The van der Waals surface area contributed by atoms with Crippen LogP contribution in [-0.4, -0.2) is 22.9 Å². The van der Waals surface area contributed by atoms with Crippen molar-refractivity contribution in [2.75, 3.05) is 7.11 Å². The molecule has 0 bridgehead atoms. The normalized spacial score (nSPS) is 12.9. The number of esters is 1. The molecule has 5 heteroatoms. The third-order valence-corrected chi connectivity index (χ3v) is 2.64. The van der Waals surface area contributed by atoms with E-state index in [2.05, 4.69) is 9.84 Å². The minimum Gasteiger partial charge on any atom is -0.468 e. The Balaban J connectivity index is 3.19. The Morgan fingerprint density at radius 3 is 2.38 bits per heavy atom. The van der Waals surface area contributed by atoms with Gasteiger partial charge in [0, 0.05) is 17.3 Å². The summed E-state index contributed by atoms with van der Waals surface area (Å²) in [4.78, 5) is 11.4. The molecule has 0 saturated carbocycles. The molecule has 0 spiro atoms. The largest absolute Gasteiger partial charge is 0.468 e. The fraction of sp³-hybridized carbons (Fsp3) is 0.636. The summed E-state index contributed by atoms with van der Waals surface area (Å²) in [5, 5.41) is 4.38. The lowest BCUT2D eigenvalue weighted by Gasteiger charge is -2.11. The van der Waals surface area contributed by atoms with Crippen LogP contribution in [0.3, 0.4) is 0 Å². The third kappa shape index (κ3) is 2.09. The van der Waals surface area contributed by atoms with Gasteiger partial charge in [-0.2, -0.15) is 5.10 Å². The molecular weight excluding hydrogens is 206 g/mol. The quantitative estimate of drug-likeness (QED) is 0.786. The molecule has 0 aliphatic rings. The van der Waals surface area contributed by atoms with E-state index in [0.29, 0.717) is 0 Å². The molecule has 0 aliphatic heterocycles. The highest BCUT2D eigenvalue weighted by Crippen LogP contribution is 2.23. The Morgan fingerprint density at radius 1 is 1.44 bits per heavy atom. The Bertz CT molecular complexity index is 396. The minimum absolute atomic E-state index is 0.247. The molecule has 5 nitrogen and oxygen atoms in total. The summed E-state index contributed by atoms with van der Waals surface area (Å²) in [6.07, 6.45) is 0. The molecule has 0 aliphatic carbocycles. The summed E-state index contributed by atoms with van der Waals surface area (Å²) in [6.45, 7) is 7.84. The lowest BCUT2D eigenvalue weighted by molar-refractivity contribution is -0.142. The molecule has 2 N–H and O–H groups in total. The van der Waals surface area contributed by atoms with Gasteiger partial charge in [0.05, 0.1) is 12.8 Å². The summed E-state index contributed by atoms with van der Waals surface area (Å²) in [6, 6.07) is -0.505. The molecule has 0 fully saturated rings. The van der Waals surface area contributed by atoms with Gasteiger partial charge in [0.25, 0.3) is 0 Å². The second kappa shape index (κ2) is 4.65. The molecule has 1 aromatic heterocycles. The van der Waals surface area contributed by atoms with Crippen LogP contribution in [0.15, 0.2) is 0 Å². The van der Waals surface area contributed by atoms with E-state index in [1.807, 2.05) is 32.4 Å². The monoisotopic (exact) mass is 225 g/mol. The van der Waals surface area contributed by atoms with Crippen molar-refractivity contribution in [3.63, 3.8) is 0 Å². The Labute approximate surface area is 95.6 Å². The number of ether oxygens (including phenoxy) is 1. The predicted octanol–water partition coefficient (Wildman–Crippen LogP) is 1.25. The van der Waals surface area contributed by atoms with Crippen molar-refractivity contribution in [2.45, 2.75) is 39.8 Å². The number of rotatable bonds is 3. The molecule has 0 amide bonds. The fourth-order valence-electron chi connectivity index (χ4n) is 1.87. The molecule has 1 heterocycles. The van der Waals surface area contributed by atoms with Crippen molar-refractivity contribution in [1.29, 1.82) is 0 Å². The molecule has 1 rings (SSSR count). The zero-order valence-electron chi connectivity index (χ0n) is 10.4. The van der Waals surface area contributed by atoms with Crippen molar-refractivity contribution >= 4 is 5.97 Å². The maximum Gasteiger partial charge on any atom is 0.327 e. The standard InChI is InChI=1S/C11H19N3O2/c1-6(2)14-8(4)9(7(3)13-14)10(12)11(15)16-5/h6,10H,12H2,1-5H3. The number of methoxy groups -OCH3 is 1. The number of carbonyl (C=O) groups excluding carboxylic acids is 1. The first-order chi connectivity index (χ1) is 7.40. The summed E-state index contributed by atoms with van der Waals surface area (Å²) >= 11 is 0. The summed E-state index contributed by atoms with van der Waals surface area (Å²) in [5.41, 5.74) is 8.30. The van der Waals surface area contributed by atoms with Crippen LogP contribution in [0.1, 0.15) is 42.9 Å². The first-order valence-corrected chi connectivity index (χ1v) is 5.29. The second-order valence-electron chi connectivity index (χ2n) is 4.12. The molecule has 0 saturated heterocycles. The van der Waals surface area contributed by atoms with Crippen molar-refractivity contribution < 1.29 is 9.53 Å². The van der Waals surface area contributed by atoms with Crippen LogP contribution in [0, 0.1) is 13.8 Å². The van der Waals surface area contributed by atoms with E-state index in [1.54, 1.807) is 0 Å². The van der Waals surface area contributed by atoms with Gasteiger partial charge in [-0.3, -0.25) is 9.48 Å². The summed E-state index contributed by atoms with van der Waals surface area (Å²) in [5.74, 6) is -0.436. The van der Waals surface area contributed by atoms with Gasteiger partial charge in [-0.1, -0.05) is 0 Å². The molecule has 0 radical (unpaired) electrons. The average molecular weight is 225 g/mol. The van der Waals surface area contributed by atoms with Crippen LogP contribution in [0.25, 0.3) is 0 Å². The van der Waals surface area contributed by atoms with E-state index in [-0.39, 0.29) is 6.04 Å². The lowest BCUT2D eigenvalue weighted by atomic mass is 10.1. The van der Waals surface area contributed by atoms with Gasteiger partial charge in [0.1, 0.15) is 6.04 Å². The van der Waals surface area contributed by atoms with Crippen molar-refractivity contribution in [1.82, 2.24) is 9.78 Å². The van der Waals surface area contributed by atoms with Crippen LogP contribution < -0.4 is 5.73 Å². The van der Waals surface area contributed by atoms with E-state index in [1.165, 1.54) is 7.11 Å². The van der Waals surface area contributed by atoms with Crippen molar-refractivity contribution in [2.24, 2.45) is 5.73 Å². The smallest absolute Gasteiger partial charge is 0.327 e. The maximum absolute atomic E-state index is 11.4. The average Bonchev–Trinajstić information content (AvgIpc) is 2.52. The first-order valence-electron chi connectivity index (χ1n) is 5.29. The van der Waals surface area contributed by atoms with Crippen LogP contribution in [-0.2, 0) is 9.53 Å². The highest BCUT2D eigenvalue weighted by Gasteiger charge is 2.24. The van der Waals surface area contributed by atoms with Crippen LogP contribution in [0.5, 0.6) is 0 Å². The molecule has 1 unspecified atom stereocenters. The maximum atomic E-state index is 11.4. The molecular formula is C11H19N3O2.